The zero-order valence-corrected chi connectivity index (χ0v) is 15.7. The number of benzene rings is 1. The average Bonchev–Trinajstić information content (AvgIpc) is 3.29. The summed E-state index contributed by atoms with van der Waals surface area (Å²) in [6, 6.07) is 7.15. The maximum atomic E-state index is 12.5. The van der Waals surface area contributed by atoms with E-state index in [4.69, 9.17) is 9.84 Å². The highest BCUT2D eigenvalue weighted by molar-refractivity contribution is 5.91. The monoisotopic (exact) mass is 368 g/mol. The summed E-state index contributed by atoms with van der Waals surface area (Å²) in [4.78, 5) is 23.6. The number of carbonyl (C=O) groups is 2. The van der Waals surface area contributed by atoms with Crippen molar-refractivity contribution in [2.45, 2.75) is 63.6 Å². The fourth-order valence-corrected chi connectivity index (χ4v) is 5.13. The van der Waals surface area contributed by atoms with Crippen LogP contribution in [-0.4, -0.2) is 29.1 Å². The van der Waals surface area contributed by atoms with E-state index >= 15 is 0 Å². The number of carboxylic acids is 1. The van der Waals surface area contributed by atoms with E-state index in [0.29, 0.717) is 17.3 Å². The molecule has 4 atom stereocenters. The van der Waals surface area contributed by atoms with Crippen LogP contribution in [0.3, 0.4) is 0 Å². The smallest absolute Gasteiger partial charge is 0.335 e. The zero-order chi connectivity index (χ0) is 18.8. The molecule has 0 radical (unpaired) electrons. The molecule has 144 valence electrons. The quantitative estimate of drug-likeness (QED) is 0.755. The highest BCUT2D eigenvalue weighted by Gasteiger charge is 2.47. The van der Waals surface area contributed by atoms with Crippen molar-refractivity contribution in [3.63, 3.8) is 0 Å². The minimum absolute atomic E-state index is 0.219. The Labute approximate surface area is 160 Å². The van der Waals surface area contributed by atoms with Crippen LogP contribution in [0.5, 0.6) is 0 Å². The summed E-state index contributed by atoms with van der Waals surface area (Å²) in [5, 5.41) is 9.06. The highest BCUT2D eigenvalue weighted by Crippen LogP contribution is 2.45. The predicted octanol–water partition coefficient (Wildman–Crippen LogP) is 4.43. The number of carboxylic acid groups (broad SMARTS) is 1. The Bertz CT molecular complexity index is 714. The van der Waals surface area contributed by atoms with Gasteiger partial charge in [0.05, 0.1) is 17.8 Å². The summed E-state index contributed by atoms with van der Waals surface area (Å²) >= 11 is 0. The first-order valence-corrected chi connectivity index (χ1v) is 10.3. The number of ketones is 1. The van der Waals surface area contributed by atoms with Crippen LogP contribution in [0.2, 0.25) is 0 Å². The van der Waals surface area contributed by atoms with Gasteiger partial charge in [0, 0.05) is 11.8 Å². The Balaban J connectivity index is 1.43. The van der Waals surface area contributed by atoms with Gasteiger partial charge in [-0.05, 0) is 61.8 Å². The lowest BCUT2D eigenvalue weighted by Gasteiger charge is -2.26. The summed E-state index contributed by atoms with van der Waals surface area (Å²) < 4.78 is 6.15. The van der Waals surface area contributed by atoms with Crippen LogP contribution in [0.1, 0.15) is 60.9 Å². The van der Waals surface area contributed by atoms with Crippen LogP contribution in [0.25, 0.3) is 0 Å². The fourth-order valence-electron chi connectivity index (χ4n) is 5.13. The minimum atomic E-state index is -0.896. The summed E-state index contributed by atoms with van der Waals surface area (Å²) in [7, 11) is 0. The Morgan fingerprint density at radius 2 is 1.70 bits per heavy atom. The molecular weight excluding hydrogens is 340 g/mol. The van der Waals surface area contributed by atoms with Gasteiger partial charge in [-0.2, -0.15) is 0 Å². The Kier molecular flexibility index (Phi) is 5.44. The molecule has 0 aromatic heterocycles. The molecule has 1 saturated carbocycles. The van der Waals surface area contributed by atoms with Gasteiger partial charge in [-0.25, -0.2) is 4.79 Å². The van der Waals surface area contributed by atoms with Crippen LogP contribution >= 0.6 is 0 Å². The van der Waals surface area contributed by atoms with Crippen LogP contribution in [0.4, 0.5) is 0 Å². The normalized spacial score (nSPS) is 30.8. The van der Waals surface area contributed by atoms with Gasteiger partial charge in [0.15, 0.2) is 5.78 Å². The van der Waals surface area contributed by atoms with Crippen LogP contribution < -0.4 is 0 Å². The molecule has 3 fully saturated rings. The summed E-state index contributed by atoms with van der Waals surface area (Å²) in [5.41, 5.74) is 1.45. The molecular formula is C23H28O4. The van der Waals surface area contributed by atoms with E-state index in [1.54, 1.807) is 12.1 Å². The number of ether oxygens (including phenoxy) is 1. The Hall–Kier alpha value is -1.94. The molecule has 4 heteroatoms. The first kappa shape index (κ1) is 18.4. The molecule has 27 heavy (non-hydrogen) atoms. The molecule has 0 amide bonds. The van der Waals surface area contributed by atoms with Crippen molar-refractivity contribution in [3.8, 4) is 0 Å². The van der Waals surface area contributed by atoms with Crippen molar-refractivity contribution in [2.24, 2.45) is 17.8 Å². The van der Waals surface area contributed by atoms with Crippen molar-refractivity contribution in [1.29, 1.82) is 0 Å². The highest BCUT2D eigenvalue weighted by atomic mass is 16.5. The molecule has 4 nitrogen and oxygen atoms in total. The number of fused-ring (bicyclic) bond motifs is 2. The molecule has 1 aromatic carbocycles. The third-order valence-electron chi connectivity index (χ3n) is 6.65. The Morgan fingerprint density at radius 3 is 2.41 bits per heavy atom. The van der Waals surface area contributed by atoms with E-state index in [-0.39, 0.29) is 24.0 Å². The van der Waals surface area contributed by atoms with Gasteiger partial charge in [0.25, 0.3) is 0 Å². The molecule has 1 N–H and O–H groups in total. The zero-order valence-electron chi connectivity index (χ0n) is 15.7. The van der Waals surface area contributed by atoms with E-state index in [1.165, 1.54) is 19.3 Å². The fraction of sp³-hybridized carbons (Fsp3) is 0.565. The number of allylic oxidation sites excluding steroid dienone is 1. The average molecular weight is 368 g/mol. The maximum Gasteiger partial charge on any atom is 0.335 e. The SMILES string of the molecule is O=C(O)c1ccc(C[C@@H]2[C@H](C=CC(=O)C3CCCCC3)[C@@H]3CC[C@H]2O3)cc1. The van der Waals surface area contributed by atoms with Gasteiger partial charge in [0.1, 0.15) is 0 Å². The topological polar surface area (TPSA) is 63.6 Å². The number of hydrogen-bond acceptors (Lipinski definition) is 3. The summed E-state index contributed by atoms with van der Waals surface area (Å²) in [6.07, 6.45) is 13.2. The summed E-state index contributed by atoms with van der Waals surface area (Å²) in [5.74, 6) is 0.274. The van der Waals surface area contributed by atoms with Crippen molar-refractivity contribution in [1.82, 2.24) is 0 Å². The molecule has 2 aliphatic heterocycles. The van der Waals surface area contributed by atoms with Gasteiger partial charge in [-0.3, -0.25) is 4.79 Å². The predicted molar refractivity (Wildman–Crippen MR) is 103 cm³/mol. The van der Waals surface area contributed by atoms with Crippen LogP contribution in [0.15, 0.2) is 36.4 Å². The van der Waals surface area contributed by atoms with Crippen molar-refractivity contribution in [3.05, 3.63) is 47.5 Å². The third-order valence-corrected chi connectivity index (χ3v) is 6.65. The standard InChI is InChI=1S/C23H28O4/c24-20(16-4-2-1-3-5-16)11-10-18-19(22-13-12-21(18)27-22)14-15-6-8-17(9-7-15)23(25)26/h6-11,16,18-19,21-22H,1-5,12-14H2,(H,25,26)/t18-,19+,21-,22+/m0/s1. The second-order valence-corrected chi connectivity index (χ2v) is 8.33. The lowest BCUT2D eigenvalue weighted by atomic mass is 9.75. The first-order chi connectivity index (χ1) is 13.1. The largest absolute Gasteiger partial charge is 0.478 e. The van der Waals surface area contributed by atoms with Crippen LogP contribution in [0, 0.1) is 17.8 Å². The lowest BCUT2D eigenvalue weighted by molar-refractivity contribution is -0.119. The molecule has 2 bridgehead atoms. The van der Waals surface area contributed by atoms with Crippen LogP contribution in [-0.2, 0) is 16.0 Å². The van der Waals surface area contributed by atoms with E-state index < -0.39 is 5.97 Å². The van der Waals surface area contributed by atoms with Crippen molar-refractivity contribution in [2.75, 3.05) is 0 Å². The molecule has 2 heterocycles. The number of rotatable bonds is 6. The molecule has 4 rings (SSSR count). The first-order valence-electron chi connectivity index (χ1n) is 10.3. The van der Waals surface area contributed by atoms with E-state index in [2.05, 4.69) is 6.08 Å². The summed E-state index contributed by atoms with van der Waals surface area (Å²) in [6.45, 7) is 0. The molecule has 0 spiro atoms. The molecule has 1 aromatic rings. The second kappa shape index (κ2) is 7.97. The van der Waals surface area contributed by atoms with Gasteiger partial charge in [-0.1, -0.05) is 37.5 Å². The minimum Gasteiger partial charge on any atom is -0.478 e. The molecule has 1 aliphatic carbocycles. The lowest BCUT2D eigenvalue weighted by Crippen LogP contribution is -2.28. The van der Waals surface area contributed by atoms with Gasteiger partial charge in [0.2, 0.25) is 0 Å². The second-order valence-electron chi connectivity index (χ2n) is 8.33. The number of hydrogen-bond donors (Lipinski definition) is 1. The van der Waals surface area contributed by atoms with E-state index in [9.17, 15) is 9.59 Å². The van der Waals surface area contributed by atoms with Gasteiger partial charge >= 0.3 is 5.97 Å². The maximum absolute atomic E-state index is 12.5. The van der Waals surface area contributed by atoms with E-state index in [0.717, 1.165) is 37.7 Å². The van der Waals surface area contributed by atoms with Crippen molar-refractivity contribution >= 4 is 11.8 Å². The molecule has 2 saturated heterocycles. The van der Waals surface area contributed by atoms with Crippen molar-refractivity contribution < 1.29 is 19.4 Å². The van der Waals surface area contributed by atoms with E-state index in [1.807, 2.05) is 18.2 Å². The third kappa shape index (κ3) is 4.01. The molecule has 3 aliphatic rings. The van der Waals surface area contributed by atoms with Gasteiger partial charge in [-0.15, -0.1) is 0 Å². The number of carbonyl (C=O) groups excluding carboxylic acids is 1. The number of aromatic carboxylic acids is 1. The Morgan fingerprint density at radius 1 is 1.00 bits per heavy atom. The molecule has 0 unspecified atom stereocenters. The van der Waals surface area contributed by atoms with Gasteiger partial charge < -0.3 is 9.84 Å².